The minimum Gasteiger partial charge on any atom is -0.366 e. The van der Waals surface area contributed by atoms with Crippen molar-refractivity contribution in [2.45, 2.75) is 40.0 Å². The van der Waals surface area contributed by atoms with Crippen LogP contribution in [-0.4, -0.2) is 5.91 Å². The van der Waals surface area contributed by atoms with E-state index >= 15 is 0 Å². The molecule has 0 atom stereocenters. The number of carbonyl (C=O) groups excluding carboxylic acids is 1. The molecule has 0 heterocycles. The fourth-order valence-electron chi connectivity index (χ4n) is 2.99. The molecule has 2 heteroatoms. The average molecular weight is 269 g/mol. The Hall–Kier alpha value is -1.83. The highest BCUT2D eigenvalue weighted by Gasteiger charge is 2.26. The van der Waals surface area contributed by atoms with Gasteiger partial charge in [0.1, 0.15) is 0 Å². The van der Waals surface area contributed by atoms with Crippen LogP contribution in [0.2, 0.25) is 0 Å². The summed E-state index contributed by atoms with van der Waals surface area (Å²) in [5, 5.41) is 0. The smallest absolute Gasteiger partial charge is 0.248 e. The highest BCUT2D eigenvalue weighted by atomic mass is 16.1. The van der Waals surface area contributed by atoms with Crippen molar-refractivity contribution in [3.05, 3.63) is 52.6 Å². The van der Waals surface area contributed by atoms with E-state index in [-0.39, 0.29) is 11.3 Å². The van der Waals surface area contributed by atoms with Crippen LogP contribution in [0.3, 0.4) is 0 Å². The summed E-state index contributed by atoms with van der Waals surface area (Å²) in [4.78, 5) is 11.2. The van der Waals surface area contributed by atoms with Crippen LogP contribution in [0.15, 0.2) is 41.5 Å². The van der Waals surface area contributed by atoms with E-state index in [1.165, 1.54) is 30.4 Å². The van der Waals surface area contributed by atoms with Gasteiger partial charge in [0.25, 0.3) is 0 Å². The standard InChI is InChI=1S/C18H23NO/c1-13-6-5-11-18(2,3)16(13)10-9-14-7-4-8-15(12-14)17(19)20/h4,7-10,12H,5-6,11H2,1-3H3,(H2,19,20)/b10-9+. The lowest BCUT2D eigenvalue weighted by Crippen LogP contribution is -2.18. The Labute approximate surface area is 121 Å². The zero-order valence-electron chi connectivity index (χ0n) is 12.6. The van der Waals surface area contributed by atoms with Gasteiger partial charge in [-0.2, -0.15) is 0 Å². The predicted octanol–water partition coefficient (Wildman–Crippen LogP) is 4.33. The molecule has 0 fully saturated rings. The number of carbonyl (C=O) groups is 1. The maximum absolute atomic E-state index is 11.2. The molecular weight excluding hydrogens is 246 g/mol. The highest BCUT2D eigenvalue weighted by Crippen LogP contribution is 2.40. The number of hydrogen-bond acceptors (Lipinski definition) is 1. The van der Waals surface area contributed by atoms with Crippen LogP contribution in [0.4, 0.5) is 0 Å². The fourth-order valence-corrected chi connectivity index (χ4v) is 2.99. The van der Waals surface area contributed by atoms with E-state index in [0.29, 0.717) is 5.56 Å². The second-order valence-electron chi connectivity index (χ2n) is 6.25. The van der Waals surface area contributed by atoms with Gasteiger partial charge in [-0.25, -0.2) is 0 Å². The Morgan fingerprint density at radius 1 is 1.30 bits per heavy atom. The SMILES string of the molecule is CC1=C(/C=C/c2cccc(C(N)=O)c2)C(C)(C)CCC1. The molecule has 0 spiro atoms. The normalized spacial score (nSPS) is 18.6. The summed E-state index contributed by atoms with van der Waals surface area (Å²) >= 11 is 0. The van der Waals surface area contributed by atoms with Gasteiger partial charge in [0.05, 0.1) is 0 Å². The number of benzene rings is 1. The molecule has 106 valence electrons. The quantitative estimate of drug-likeness (QED) is 0.872. The molecule has 0 saturated heterocycles. The number of hydrogen-bond donors (Lipinski definition) is 1. The van der Waals surface area contributed by atoms with Crippen molar-refractivity contribution in [3.63, 3.8) is 0 Å². The molecule has 2 N–H and O–H groups in total. The van der Waals surface area contributed by atoms with Gasteiger partial charge < -0.3 is 5.73 Å². The molecule has 0 bridgehead atoms. The van der Waals surface area contributed by atoms with Crippen molar-refractivity contribution in [1.82, 2.24) is 0 Å². The zero-order chi connectivity index (χ0) is 14.8. The lowest BCUT2D eigenvalue weighted by molar-refractivity contribution is 0.100. The first kappa shape index (κ1) is 14.6. The van der Waals surface area contributed by atoms with Crippen molar-refractivity contribution in [2.24, 2.45) is 11.1 Å². The van der Waals surface area contributed by atoms with E-state index in [1.807, 2.05) is 18.2 Å². The molecule has 2 nitrogen and oxygen atoms in total. The first-order valence-corrected chi connectivity index (χ1v) is 7.18. The van der Waals surface area contributed by atoms with Crippen LogP contribution in [0.5, 0.6) is 0 Å². The molecule has 1 aromatic carbocycles. The highest BCUT2D eigenvalue weighted by molar-refractivity contribution is 5.93. The molecule has 0 saturated carbocycles. The third kappa shape index (κ3) is 3.19. The first-order valence-electron chi connectivity index (χ1n) is 7.18. The molecular formula is C18H23NO. The summed E-state index contributed by atoms with van der Waals surface area (Å²) in [6.45, 7) is 6.82. The van der Waals surface area contributed by atoms with E-state index in [9.17, 15) is 4.79 Å². The molecule has 1 aromatic rings. The Morgan fingerprint density at radius 3 is 2.70 bits per heavy atom. The number of amides is 1. The van der Waals surface area contributed by atoms with Gasteiger partial charge in [0.15, 0.2) is 0 Å². The van der Waals surface area contributed by atoms with Gasteiger partial charge in [-0.1, -0.05) is 43.7 Å². The molecule has 1 amide bonds. The third-order valence-electron chi connectivity index (χ3n) is 4.16. The summed E-state index contributed by atoms with van der Waals surface area (Å²) in [5.41, 5.74) is 10.0. The van der Waals surface area contributed by atoms with E-state index in [1.54, 1.807) is 6.07 Å². The molecule has 0 aliphatic heterocycles. The van der Waals surface area contributed by atoms with E-state index in [0.717, 1.165) is 5.56 Å². The summed E-state index contributed by atoms with van der Waals surface area (Å²) in [5.74, 6) is -0.381. The summed E-state index contributed by atoms with van der Waals surface area (Å²) in [6.07, 6.45) is 7.97. The zero-order valence-corrected chi connectivity index (χ0v) is 12.6. The van der Waals surface area contributed by atoms with Crippen LogP contribution in [0, 0.1) is 5.41 Å². The second kappa shape index (κ2) is 5.66. The summed E-state index contributed by atoms with van der Waals surface area (Å²) in [7, 11) is 0. The number of allylic oxidation sites excluding steroid dienone is 3. The van der Waals surface area contributed by atoms with E-state index in [4.69, 9.17) is 5.73 Å². The Balaban J connectivity index is 2.29. The van der Waals surface area contributed by atoms with Crippen molar-refractivity contribution in [1.29, 1.82) is 0 Å². The Bertz CT molecular complexity index is 579. The molecule has 20 heavy (non-hydrogen) atoms. The molecule has 1 aliphatic carbocycles. The lowest BCUT2D eigenvalue weighted by Gasteiger charge is -2.32. The predicted molar refractivity (Wildman–Crippen MR) is 84.3 cm³/mol. The number of primary amides is 1. The third-order valence-corrected chi connectivity index (χ3v) is 4.16. The van der Waals surface area contributed by atoms with Crippen molar-refractivity contribution < 1.29 is 4.79 Å². The van der Waals surface area contributed by atoms with Gasteiger partial charge in [-0.3, -0.25) is 4.79 Å². The largest absolute Gasteiger partial charge is 0.366 e. The number of nitrogens with two attached hydrogens (primary N) is 1. The maximum Gasteiger partial charge on any atom is 0.248 e. The van der Waals surface area contributed by atoms with E-state index in [2.05, 4.69) is 32.9 Å². The van der Waals surface area contributed by atoms with E-state index < -0.39 is 0 Å². The lowest BCUT2D eigenvalue weighted by atomic mass is 9.72. The molecule has 0 unspecified atom stereocenters. The van der Waals surface area contributed by atoms with Crippen LogP contribution < -0.4 is 5.73 Å². The fraction of sp³-hybridized carbons (Fsp3) is 0.389. The molecule has 2 rings (SSSR count). The minimum atomic E-state index is -0.381. The van der Waals surface area contributed by atoms with Crippen LogP contribution in [0.25, 0.3) is 6.08 Å². The van der Waals surface area contributed by atoms with Gasteiger partial charge in [0, 0.05) is 5.56 Å². The van der Waals surface area contributed by atoms with Crippen molar-refractivity contribution in [2.75, 3.05) is 0 Å². The van der Waals surface area contributed by atoms with Crippen molar-refractivity contribution >= 4 is 12.0 Å². The van der Waals surface area contributed by atoms with Gasteiger partial charge in [-0.15, -0.1) is 0 Å². The summed E-state index contributed by atoms with van der Waals surface area (Å²) in [6, 6.07) is 7.45. The summed E-state index contributed by atoms with van der Waals surface area (Å²) < 4.78 is 0. The Morgan fingerprint density at radius 2 is 2.05 bits per heavy atom. The Kier molecular flexibility index (Phi) is 4.12. The topological polar surface area (TPSA) is 43.1 Å². The maximum atomic E-state index is 11.2. The van der Waals surface area contributed by atoms with Crippen LogP contribution in [0.1, 0.15) is 56.0 Å². The second-order valence-corrected chi connectivity index (χ2v) is 6.25. The monoisotopic (exact) mass is 269 g/mol. The molecule has 1 aliphatic rings. The van der Waals surface area contributed by atoms with Crippen molar-refractivity contribution in [3.8, 4) is 0 Å². The van der Waals surface area contributed by atoms with Crippen LogP contribution in [-0.2, 0) is 0 Å². The first-order chi connectivity index (χ1) is 9.40. The number of rotatable bonds is 3. The molecule has 0 radical (unpaired) electrons. The van der Waals surface area contributed by atoms with Crippen LogP contribution >= 0.6 is 0 Å². The minimum absolute atomic E-state index is 0.236. The van der Waals surface area contributed by atoms with Gasteiger partial charge in [-0.05, 0) is 54.9 Å². The van der Waals surface area contributed by atoms with Gasteiger partial charge >= 0.3 is 0 Å². The van der Waals surface area contributed by atoms with Gasteiger partial charge in [0.2, 0.25) is 5.91 Å². The molecule has 0 aromatic heterocycles. The average Bonchev–Trinajstić information content (AvgIpc) is 2.37.